The highest BCUT2D eigenvalue weighted by Gasteiger charge is 2.40. The molecule has 1 fully saturated rings. The summed E-state index contributed by atoms with van der Waals surface area (Å²) in [6.45, 7) is 0. The number of hydrogen-bond donors (Lipinski definition) is 1. The molecule has 4 rings (SSSR count). The van der Waals surface area contributed by atoms with Gasteiger partial charge in [-0.25, -0.2) is 31.7 Å². The molecular weight excluding hydrogens is 388 g/mol. The number of hydrazone groups is 1. The van der Waals surface area contributed by atoms with Gasteiger partial charge in [0.15, 0.2) is 4.90 Å². The number of sulfonamides is 1. The molecule has 1 saturated carbocycles. The highest BCUT2D eigenvalue weighted by molar-refractivity contribution is 7.90. The van der Waals surface area contributed by atoms with Gasteiger partial charge < -0.3 is 0 Å². The molecule has 2 aromatic rings. The minimum Gasteiger partial charge on any atom is -0.245 e. The Hall–Kier alpha value is -2.81. The lowest BCUT2D eigenvalue weighted by Gasteiger charge is -2.22. The van der Waals surface area contributed by atoms with Crippen molar-refractivity contribution in [2.45, 2.75) is 30.2 Å². The van der Waals surface area contributed by atoms with Crippen molar-refractivity contribution in [2.75, 3.05) is 0 Å². The van der Waals surface area contributed by atoms with Crippen LogP contribution in [0.4, 0.5) is 13.6 Å². The van der Waals surface area contributed by atoms with Gasteiger partial charge in [0.25, 0.3) is 10.0 Å². The number of carbonyl (C=O) groups excluding carboxylic acids is 1. The Labute approximate surface area is 160 Å². The van der Waals surface area contributed by atoms with Gasteiger partial charge in [-0.05, 0) is 36.5 Å². The molecule has 1 N–H and O–H groups in total. The second-order valence-electron chi connectivity index (χ2n) is 6.80. The van der Waals surface area contributed by atoms with Crippen LogP contribution in [-0.2, 0) is 10.0 Å². The summed E-state index contributed by atoms with van der Waals surface area (Å²) in [7, 11) is -4.75. The van der Waals surface area contributed by atoms with Crippen LogP contribution in [-0.4, -0.2) is 25.2 Å². The van der Waals surface area contributed by atoms with E-state index in [4.69, 9.17) is 0 Å². The van der Waals surface area contributed by atoms with Crippen LogP contribution in [0, 0.1) is 17.6 Å². The van der Waals surface area contributed by atoms with Crippen LogP contribution in [0.2, 0.25) is 0 Å². The number of urea groups is 1. The van der Waals surface area contributed by atoms with Crippen LogP contribution in [0.1, 0.15) is 30.9 Å². The molecule has 28 heavy (non-hydrogen) atoms. The maximum absolute atomic E-state index is 13.9. The second kappa shape index (κ2) is 6.97. The maximum atomic E-state index is 13.9. The van der Waals surface area contributed by atoms with E-state index in [0.717, 1.165) is 47.3 Å². The van der Waals surface area contributed by atoms with Gasteiger partial charge in [0.05, 0.1) is 6.04 Å². The summed E-state index contributed by atoms with van der Waals surface area (Å²) in [5, 5.41) is 5.37. The van der Waals surface area contributed by atoms with Gasteiger partial charge in [0, 0.05) is 12.1 Å². The van der Waals surface area contributed by atoms with Crippen molar-refractivity contribution in [3.63, 3.8) is 0 Å². The van der Waals surface area contributed by atoms with E-state index in [1.807, 2.05) is 30.3 Å². The molecule has 9 heteroatoms. The third kappa shape index (κ3) is 3.49. The number of nitrogens with zero attached hydrogens (tertiary/aromatic N) is 2. The molecule has 146 valence electrons. The Balaban J connectivity index is 1.63. The van der Waals surface area contributed by atoms with Crippen molar-refractivity contribution in [1.82, 2.24) is 9.73 Å². The minimum absolute atomic E-state index is 0.296. The smallest absolute Gasteiger partial charge is 0.245 e. The molecule has 1 aliphatic heterocycles. The summed E-state index contributed by atoms with van der Waals surface area (Å²) < 4.78 is 54.4. The zero-order chi connectivity index (χ0) is 19.9. The predicted molar refractivity (Wildman–Crippen MR) is 97.9 cm³/mol. The summed E-state index contributed by atoms with van der Waals surface area (Å²) in [5.41, 5.74) is 1.63. The Morgan fingerprint density at radius 3 is 2.29 bits per heavy atom. The molecule has 2 aliphatic rings. The summed E-state index contributed by atoms with van der Waals surface area (Å²) in [6, 6.07) is 10.2. The third-order valence-corrected chi connectivity index (χ3v) is 6.16. The van der Waals surface area contributed by atoms with E-state index in [9.17, 15) is 22.0 Å². The van der Waals surface area contributed by atoms with Crippen LogP contribution >= 0.6 is 0 Å². The zero-order valence-electron chi connectivity index (χ0n) is 14.7. The molecule has 0 spiro atoms. The summed E-state index contributed by atoms with van der Waals surface area (Å²) in [6.07, 6.45) is 2.46. The molecule has 0 bridgehead atoms. The number of benzene rings is 2. The average Bonchev–Trinajstić information content (AvgIpc) is 3.40. The van der Waals surface area contributed by atoms with Crippen LogP contribution in [0.3, 0.4) is 0 Å². The zero-order valence-corrected chi connectivity index (χ0v) is 15.5. The minimum atomic E-state index is -4.75. The average molecular weight is 405 g/mol. The molecular formula is C19H17F2N3O3S. The first kappa shape index (κ1) is 18.5. The Kier molecular flexibility index (Phi) is 4.62. The van der Waals surface area contributed by atoms with E-state index in [1.54, 1.807) is 4.72 Å². The van der Waals surface area contributed by atoms with Crippen molar-refractivity contribution >= 4 is 21.8 Å². The van der Waals surface area contributed by atoms with E-state index < -0.39 is 38.6 Å². The fourth-order valence-corrected chi connectivity index (χ4v) is 4.35. The van der Waals surface area contributed by atoms with E-state index in [-0.39, 0.29) is 0 Å². The van der Waals surface area contributed by atoms with Crippen LogP contribution in [0.25, 0.3) is 0 Å². The van der Waals surface area contributed by atoms with Crippen LogP contribution in [0.5, 0.6) is 0 Å². The first-order chi connectivity index (χ1) is 13.4. The van der Waals surface area contributed by atoms with Gasteiger partial charge in [0.2, 0.25) is 0 Å². The van der Waals surface area contributed by atoms with Gasteiger partial charge in [-0.3, -0.25) is 0 Å². The molecule has 1 heterocycles. The Morgan fingerprint density at radius 1 is 1.04 bits per heavy atom. The first-order valence-corrected chi connectivity index (χ1v) is 10.3. The Bertz CT molecular complexity index is 1030. The first-order valence-electron chi connectivity index (χ1n) is 8.79. The maximum Gasteiger partial charge on any atom is 0.352 e. The number of rotatable bonds is 4. The number of carbonyl (C=O) groups is 1. The molecule has 2 amide bonds. The molecule has 6 nitrogen and oxygen atoms in total. The van der Waals surface area contributed by atoms with E-state index in [0.29, 0.717) is 12.3 Å². The van der Waals surface area contributed by atoms with Gasteiger partial charge in [-0.15, -0.1) is 0 Å². The monoisotopic (exact) mass is 405 g/mol. The SMILES string of the molecule is O=C(NS(=O)(=O)c1c(F)cccc1F)N1N=C(C2CC2)CC1c1ccccc1. The molecule has 1 aliphatic carbocycles. The number of halogens is 2. The summed E-state index contributed by atoms with van der Waals surface area (Å²) in [4.78, 5) is 11.5. The summed E-state index contributed by atoms with van der Waals surface area (Å²) in [5.74, 6) is -2.25. The molecule has 0 saturated heterocycles. The van der Waals surface area contributed by atoms with Gasteiger partial charge in [-0.1, -0.05) is 36.4 Å². The van der Waals surface area contributed by atoms with E-state index >= 15 is 0 Å². The van der Waals surface area contributed by atoms with Crippen LogP contribution in [0.15, 0.2) is 58.5 Å². The van der Waals surface area contributed by atoms with Gasteiger partial charge >= 0.3 is 6.03 Å². The van der Waals surface area contributed by atoms with Crippen molar-refractivity contribution in [2.24, 2.45) is 11.0 Å². The molecule has 1 atom stereocenters. The third-order valence-electron chi connectivity index (χ3n) is 4.78. The molecule has 0 aromatic heterocycles. The van der Waals surface area contributed by atoms with Crippen molar-refractivity contribution in [1.29, 1.82) is 0 Å². The number of hydrogen-bond acceptors (Lipinski definition) is 4. The Morgan fingerprint density at radius 2 is 1.68 bits per heavy atom. The lowest BCUT2D eigenvalue weighted by Crippen LogP contribution is -2.41. The predicted octanol–water partition coefficient (Wildman–Crippen LogP) is 3.58. The molecule has 0 radical (unpaired) electrons. The molecule has 1 unspecified atom stereocenters. The largest absolute Gasteiger partial charge is 0.352 e. The highest BCUT2D eigenvalue weighted by Crippen LogP contribution is 2.40. The van der Waals surface area contributed by atoms with Crippen LogP contribution < -0.4 is 4.72 Å². The fourth-order valence-electron chi connectivity index (χ4n) is 3.27. The lowest BCUT2D eigenvalue weighted by atomic mass is 10.0. The van der Waals surface area contributed by atoms with E-state index in [1.165, 1.54) is 0 Å². The van der Waals surface area contributed by atoms with Crippen molar-refractivity contribution in [3.05, 3.63) is 65.7 Å². The highest BCUT2D eigenvalue weighted by atomic mass is 32.2. The van der Waals surface area contributed by atoms with E-state index in [2.05, 4.69) is 5.10 Å². The normalized spacial score (nSPS) is 19.4. The second-order valence-corrected chi connectivity index (χ2v) is 8.42. The van der Waals surface area contributed by atoms with Crippen molar-refractivity contribution in [3.8, 4) is 0 Å². The summed E-state index contributed by atoms with van der Waals surface area (Å²) >= 11 is 0. The lowest BCUT2D eigenvalue weighted by molar-refractivity contribution is 0.192. The van der Waals surface area contributed by atoms with Crippen molar-refractivity contribution < 1.29 is 22.0 Å². The topological polar surface area (TPSA) is 78.8 Å². The van der Waals surface area contributed by atoms with Gasteiger partial charge in [-0.2, -0.15) is 5.10 Å². The quantitative estimate of drug-likeness (QED) is 0.845. The standard InChI is InChI=1S/C19H17F2N3O3S/c20-14-7-4-8-15(21)18(14)28(26,27)23-19(25)24-17(13-5-2-1-3-6-13)11-16(22-24)12-9-10-12/h1-8,12,17H,9-11H2,(H,23,25). The fraction of sp³-hybridized carbons (Fsp3) is 0.263. The van der Waals surface area contributed by atoms with Gasteiger partial charge in [0.1, 0.15) is 11.6 Å². The number of amides is 2. The number of nitrogens with one attached hydrogen (secondary N) is 1. The molecule has 2 aromatic carbocycles.